The Bertz CT molecular complexity index is 1360. The Hall–Kier alpha value is -3.15. The van der Waals surface area contributed by atoms with Crippen molar-refractivity contribution < 1.29 is 28.6 Å². The zero-order chi connectivity index (χ0) is 52.9. The standard InChI is InChI=1S/C67H118O6/c1-4-7-10-13-15-17-19-21-23-25-26-27-28-29-30-31-32-33-34-35-36-37-38-39-40-42-43-45-47-49-51-54-57-60-66(69)72-63-64(62-71-65(68)59-56-53-12-9-6-3)73-67(70)61-58-55-52-50-48-46-44-41-24-22-20-18-16-14-11-8-5-2/h8,11,16,18-19,21-22,24-26,28-29,64H,4-7,9-10,12-15,17,20,23,27,30-63H2,1-3H3/b11-8-,18-16-,21-19-,24-22-,26-25-,29-28-. The van der Waals surface area contributed by atoms with Gasteiger partial charge in [0.1, 0.15) is 13.2 Å². The fourth-order valence-electron chi connectivity index (χ4n) is 9.00. The van der Waals surface area contributed by atoms with Gasteiger partial charge in [0.15, 0.2) is 6.10 Å². The maximum absolute atomic E-state index is 12.8. The molecule has 0 aromatic carbocycles. The number of hydrogen-bond acceptors (Lipinski definition) is 6. The number of esters is 3. The monoisotopic (exact) mass is 1020 g/mol. The third kappa shape index (κ3) is 59.6. The fourth-order valence-corrected chi connectivity index (χ4v) is 9.00. The molecule has 6 nitrogen and oxygen atoms in total. The minimum Gasteiger partial charge on any atom is -0.462 e. The first kappa shape index (κ1) is 69.8. The second-order valence-electron chi connectivity index (χ2n) is 20.9. The zero-order valence-electron chi connectivity index (χ0n) is 48.4. The Morgan fingerprint density at radius 3 is 0.836 bits per heavy atom. The predicted octanol–water partition coefficient (Wildman–Crippen LogP) is 21.3. The van der Waals surface area contributed by atoms with E-state index in [9.17, 15) is 14.4 Å². The van der Waals surface area contributed by atoms with Crippen LogP contribution in [0.2, 0.25) is 0 Å². The van der Waals surface area contributed by atoms with E-state index in [1.54, 1.807) is 0 Å². The van der Waals surface area contributed by atoms with Crippen LogP contribution in [0, 0.1) is 0 Å². The third-order valence-corrected chi connectivity index (χ3v) is 13.7. The molecule has 0 aliphatic carbocycles. The molecule has 0 N–H and O–H groups in total. The molecular weight excluding hydrogens is 901 g/mol. The normalized spacial score (nSPS) is 12.5. The largest absolute Gasteiger partial charge is 0.462 e. The number of carbonyl (C=O) groups excluding carboxylic acids is 3. The molecular formula is C67H118O6. The van der Waals surface area contributed by atoms with Crippen LogP contribution in [0.1, 0.15) is 316 Å². The maximum atomic E-state index is 12.8. The number of allylic oxidation sites excluding steroid dienone is 12. The van der Waals surface area contributed by atoms with E-state index in [2.05, 4.69) is 93.7 Å². The molecule has 0 aliphatic rings. The van der Waals surface area contributed by atoms with Gasteiger partial charge in [0.05, 0.1) is 0 Å². The molecule has 0 radical (unpaired) electrons. The Morgan fingerprint density at radius 1 is 0.288 bits per heavy atom. The highest BCUT2D eigenvalue weighted by molar-refractivity contribution is 5.71. The van der Waals surface area contributed by atoms with E-state index in [0.29, 0.717) is 19.3 Å². The molecule has 0 fully saturated rings. The lowest BCUT2D eigenvalue weighted by Gasteiger charge is -2.18. The summed E-state index contributed by atoms with van der Waals surface area (Å²) in [6.07, 6.45) is 79.7. The van der Waals surface area contributed by atoms with Gasteiger partial charge in [0.25, 0.3) is 0 Å². The molecule has 0 saturated carbocycles. The molecule has 1 atom stereocenters. The quantitative estimate of drug-likeness (QED) is 0.0261. The molecule has 0 aromatic rings. The van der Waals surface area contributed by atoms with Crippen molar-refractivity contribution in [3.63, 3.8) is 0 Å². The number of ether oxygens (including phenoxy) is 3. The molecule has 0 rings (SSSR count). The summed E-state index contributed by atoms with van der Waals surface area (Å²) >= 11 is 0. The number of unbranched alkanes of at least 4 members (excludes halogenated alkanes) is 34. The van der Waals surface area contributed by atoms with Crippen molar-refractivity contribution in [2.24, 2.45) is 0 Å². The van der Waals surface area contributed by atoms with Crippen molar-refractivity contribution >= 4 is 17.9 Å². The van der Waals surface area contributed by atoms with Crippen molar-refractivity contribution in [3.05, 3.63) is 72.9 Å². The van der Waals surface area contributed by atoms with Crippen LogP contribution < -0.4 is 0 Å². The molecule has 73 heavy (non-hydrogen) atoms. The van der Waals surface area contributed by atoms with Crippen LogP contribution in [0.5, 0.6) is 0 Å². The van der Waals surface area contributed by atoms with Crippen molar-refractivity contribution in [2.75, 3.05) is 13.2 Å². The number of hydrogen-bond donors (Lipinski definition) is 0. The molecule has 0 bridgehead atoms. The Balaban J connectivity index is 3.94. The zero-order valence-corrected chi connectivity index (χ0v) is 48.4. The average molecular weight is 1020 g/mol. The summed E-state index contributed by atoms with van der Waals surface area (Å²) in [5, 5.41) is 0. The van der Waals surface area contributed by atoms with E-state index >= 15 is 0 Å². The third-order valence-electron chi connectivity index (χ3n) is 13.7. The van der Waals surface area contributed by atoms with Crippen molar-refractivity contribution in [1.29, 1.82) is 0 Å². The second kappa shape index (κ2) is 61.4. The van der Waals surface area contributed by atoms with Crippen LogP contribution in [0.15, 0.2) is 72.9 Å². The summed E-state index contributed by atoms with van der Waals surface area (Å²) < 4.78 is 16.7. The molecule has 0 aromatic heterocycles. The first-order valence-electron chi connectivity index (χ1n) is 31.4. The summed E-state index contributed by atoms with van der Waals surface area (Å²) in [5.41, 5.74) is 0. The Kier molecular flexibility index (Phi) is 58.7. The predicted molar refractivity (Wildman–Crippen MR) is 316 cm³/mol. The van der Waals surface area contributed by atoms with E-state index in [1.165, 1.54) is 173 Å². The molecule has 0 aliphatic heterocycles. The van der Waals surface area contributed by atoms with Crippen molar-refractivity contribution in [2.45, 2.75) is 322 Å². The lowest BCUT2D eigenvalue weighted by Crippen LogP contribution is -2.30. The van der Waals surface area contributed by atoms with E-state index in [-0.39, 0.29) is 31.1 Å². The van der Waals surface area contributed by atoms with Crippen LogP contribution in [0.25, 0.3) is 0 Å². The van der Waals surface area contributed by atoms with Crippen LogP contribution in [-0.2, 0) is 28.6 Å². The number of carbonyl (C=O) groups is 3. The summed E-state index contributed by atoms with van der Waals surface area (Å²) in [5.74, 6) is -0.891. The fraction of sp³-hybridized carbons (Fsp3) is 0.776. The topological polar surface area (TPSA) is 78.9 Å². The van der Waals surface area contributed by atoms with Gasteiger partial charge in [0.2, 0.25) is 0 Å². The second-order valence-corrected chi connectivity index (χ2v) is 20.9. The van der Waals surface area contributed by atoms with Crippen molar-refractivity contribution in [1.82, 2.24) is 0 Å². The maximum Gasteiger partial charge on any atom is 0.306 e. The number of rotatable bonds is 57. The molecule has 0 heterocycles. The Morgan fingerprint density at radius 2 is 0.534 bits per heavy atom. The lowest BCUT2D eigenvalue weighted by atomic mass is 10.0. The van der Waals surface area contributed by atoms with E-state index in [0.717, 1.165) is 103 Å². The average Bonchev–Trinajstić information content (AvgIpc) is 3.39. The van der Waals surface area contributed by atoms with Crippen LogP contribution >= 0.6 is 0 Å². The van der Waals surface area contributed by atoms with Gasteiger partial charge < -0.3 is 14.2 Å². The van der Waals surface area contributed by atoms with Gasteiger partial charge in [0, 0.05) is 19.3 Å². The van der Waals surface area contributed by atoms with E-state index in [4.69, 9.17) is 14.2 Å². The molecule has 0 saturated heterocycles. The highest BCUT2D eigenvalue weighted by Gasteiger charge is 2.19. The van der Waals surface area contributed by atoms with E-state index < -0.39 is 6.10 Å². The summed E-state index contributed by atoms with van der Waals surface area (Å²) in [6.45, 7) is 6.45. The minimum absolute atomic E-state index is 0.0769. The van der Waals surface area contributed by atoms with E-state index in [1.807, 2.05) is 0 Å². The van der Waals surface area contributed by atoms with Crippen LogP contribution in [0.3, 0.4) is 0 Å². The van der Waals surface area contributed by atoms with Gasteiger partial charge in [-0.1, -0.05) is 280 Å². The van der Waals surface area contributed by atoms with Gasteiger partial charge in [-0.2, -0.15) is 0 Å². The van der Waals surface area contributed by atoms with Gasteiger partial charge in [-0.05, 0) is 89.9 Å². The summed E-state index contributed by atoms with van der Waals surface area (Å²) in [4.78, 5) is 37.8. The molecule has 6 heteroatoms. The summed E-state index contributed by atoms with van der Waals surface area (Å²) in [7, 11) is 0. The van der Waals surface area contributed by atoms with Gasteiger partial charge in [-0.25, -0.2) is 0 Å². The van der Waals surface area contributed by atoms with Gasteiger partial charge in [-0.3, -0.25) is 14.4 Å². The molecule has 0 amide bonds. The lowest BCUT2D eigenvalue weighted by molar-refractivity contribution is -0.167. The minimum atomic E-state index is -0.775. The van der Waals surface area contributed by atoms with Crippen molar-refractivity contribution in [3.8, 4) is 0 Å². The Labute approximate surface area is 453 Å². The molecule has 0 spiro atoms. The summed E-state index contributed by atoms with van der Waals surface area (Å²) in [6, 6.07) is 0. The first-order chi connectivity index (χ1) is 36.0. The first-order valence-corrected chi connectivity index (χ1v) is 31.4. The van der Waals surface area contributed by atoms with Crippen LogP contribution in [0.4, 0.5) is 0 Å². The highest BCUT2D eigenvalue weighted by Crippen LogP contribution is 2.17. The SMILES string of the molecule is CC/C=C\C/C=C\C/C=C\CCCCCCCCCC(=O)OC(COC(=O)CCCCCCC)COC(=O)CCCCCCCCCCCCCCCCCCCC/C=C\C/C=C\C/C=C\CCCCCCC. The molecule has 1 unspecified atom stereocenters. The van der Waals surface area contributed by atoms with Gasteiger partial charge >= 0.3 is 17.9 Å². The van der Waals surface area contributed by atoms with Crippen LogP contribution in [-0.4, -0.2) is 37.2 Å². The highest BCUT2D eigenvalue weighted by atomic mass is 16.6. The van der Waals surface area contributed by atoms with Gasteiger partial charge in [-0.15, -0.1) is 0 Å². The smallest absolute Gasteiger partial charge is 0.306 e. The molecule has 422 valence electrons.